The first-order valence-corrected chi connectivity index (χ1v) is 4.77. The molecule has 1 aromatic carbocycles. The summed E-state index contributed by atoms with van der Waals surface area (Å²) in [6, 6.07) is 5.59. The summed E-state index contributed by atoms with van der Waals surface area (Å²) in [6.45, 7) is 2.06. The number of aromatic amines is 1. The highest BCUT2D eigenvalue weighted by molar-refractivity contribution is 7.71. The lowest BCUT2D eigenvalue weighted by atomic mass is 10.1. The third-order valence-electron chi connectivity index (χ3n) is 2.13. The summed E-state index contributed by atoms with van der Waals surface area (Å²) in [6.07, 6.45) is 0.927. The molecule has 0 bridgehead atoms. The Morgan fingerprint density at radius 2 is 2.29 bits per heavy atom. The maximum absolute atomic E-state index is 11.3. The van der Waals surface area contributed by atoms with E-state index in [-0.39, 0.29) is 10.5 Å². The first-order valence-electron chi connectivity index (χ1n) is 4.37. The van der Waals surface area contributed by atoms with E-state index in [1.54, 1.807) is 6.07 Å². The maximum Gasteiger partial charge on any atom is 0.347 e. The molecule has 0 aliphatic heterocycles. The van der Waals surface area contributed by atoms with Crippen LogP contribution in [0.4, 0.5) is 0 Å². The van der Waals surface area contributed by atoms with Crippen LogP contribution in [0.5, 0.6) is 0 Å². The molecular formula is C10H9NO2S. The number of hydrogen-bond donors (Lipinski definition) is 1. The SMILES string of the molecule is CCc1ccc2c(=O)oc(=S)[nH]c2c1. The number of nitrogens with one attached hydrogen (secondary N) is 1. The van der Waals surface area contributed by atoms with Crippen LogP contribution in [-0.2, 0) is 6.42 Å². The van der Waals surface area contributed by atoms with Crippen molar-refractivity contribution in [3.63, 3.8) is 0 Å². The molecule has 0 atom stereocenters. The van der Waals surface area contributed by atoms with Crippen LogP contribution < -0.4 is 5.63 Å². The summed E-state index contributed by atoms with van der Waals surface area (Å²) in [5.41, 5.74) is 1.52. The molecule has 0 amide bonds. The van der Waals surface area contributed by atoms with Gasteiger partial charge in [0.05, 0.1) is 10.9 Å². The second kappa shape index (κ2) is 3.38. The van der Waals surface area contributed by atoms with Gasteiger partial charge in [0.15, 0.2) is 0 Å². The van der Waals surface area contributed by atoms with Crippen LogP contribution in [-0.4, -0.2) is 4.98 Å². The van der Waals surface area contributed by atoms with Crippen molar-refractivity contribution in [1.29, 1.82) is 0 Å². The van der Waals surface area contributed by atoms with Gasteiger partial charge in [-0.2, -0.15) is 0 Å². The largest absolute Gasteiger partial charge is 0.395 e. The molecule has 0 radical (unpaired) electrons. The topological polar surface area (TPSA) is 46.0 Å². The quantitative estimate of drug-likeness (QED) is 0.730. The molecule has 0 fully saturated rings. The van der Waals surface area contributed by atoms with E-state index in [2.05, 4.69) is 11.9 Å². The van der Waals surface area contributed by atoms with Gasteiger partial charge < -0.3 is 9.40 Å². The van der Waals surface area contributed by atoms with Gasteiger partial charge in [0.2, 0.25) is 0 Å². The van der Waals surface area contributed by atoms with Crippen LogP contribution >= 0.6 is 12.2 Å². The summed E-state index contributed by atoms with van der Waals surface area (Å²) in [5.74, 6) is 0. The van der Waals surface area contributed by atoms with Crippen molar-refractivity contribution in [2.75, 3.05) is 0 Å². The van der Waals surface area contributed by atoms with Crippen molar-refractivity contribution < 1.29 is 4.42 Å². The number of aryl methyl sites for hydroxylation is 1. The fourth-order valence-electron chi connectivity index (χ4n) is 1.37. The van der Waals surface area contributed by atoms with Crippen LogP contribution in [0.2, 0.25) is 0 Å². The molecule has 14 heavy (non-hydrogen) atoms. The molecule has 1 aromatic heterocycles. The summed E-state index contributed by atoms with van der Waals surface area (Å²) < 4.78 is 4.77. The van der Waals surface area contributed by atoms with Crippen LogP contribution in [0.1, 0.15) is 12.5 Å². The average Bonchev–Trinajstić information content (AvgIpc) is 2.16. The lowest BCUT2D eigenvalue weighted by Crippen LogP contribution is -2.01. The summed E-state index contributed by atoms with van der Waals surface area (Å²) in [4.78, 5) is 14.3. The highest BCUT2D eigenvalue weighted by atomic mass is 32.1. The fourth-order valence-corrected chi connectivity index (χ4v) is 1.55. The zero-order valence-electron chi connectivity index (χ0n) is 7.66. The van der Waals surface area contributed by atoms with Crippen molar-refractivity contribution in [3.8, 4) is 0 Å². The standard InChI is InChI=1S/C10H9NO2S/c1-2-6-3-4-7-8(5-6)11-10(14)13-9(7)12/h3-5H,2H2,1H3,(H,11,14). The molecule has 4 heteroatoms. The van der Waals surface area contributed by atoms with E-state index < -0.39 is 0 Å². The Labute approximate surface area is 85.4 Å². The van der Waals surface area contributed by atoms with E-state index in [4.69, 9.17) is 16.6 Å². The van der Waals surface area contributed by atoms with Crippen molar-refractivity contribution in [2.24, 2.45) is 0 Å². The van der Waals surface area contributed by atoms with Gasteiger partial charge in [-0.25, -0.2) is 4.79 Å². The Morgan fingerprint density at radius 3 is 3.00 bits per heavy atom. The normalized spacial score (nSPS) is 10.6. The summed E-state index contributed by atoms with van der Waals surface area (Å²) in [5, 5.41) is 0.538. The Balaban J connectivity index is 2.89. The van der Waals surface area contributed by atoms with Gasteiger partial charge in [0, 0.05) is 0 Å². The van der Waals surface area contributed by atoms with Crippen LogP contribution in [0.3, 0.4) is 0 Å². The van der Waals surface area contributed by atoms with Crippen LogP contribution in [0.25, 0.3) is 10.9 Å². The van der Waals surface area contributed by atoms with E-state index in [0.29, 0.717) is 5.39 Å². The second-order valence-electron chi connectivity index (χ2n) is 3.04. The number of hydrogen-bond acceptors (Lipinski definition) is 3. The molecule has 2 aromatic rings. The lowest BCUT2D eigenvalue weighted by Gasteiger charge is -1.99. The highest BCUT2D eigenvalue weighted by Gasteiger charge is 2.00. The molecule has 72 valence electrons. The summed E-state index contributed by atoms with van der Waals surface area (Å²) in [7, 11) is 0. The molecule has 0 spiro atoms. The minimum Gasteiger partial charge on any atom is -0.395 e. The zero-order chi connectivity index (χ0) is 10.1. The Kier molecular flexibility index (Phi) is 2.21. The zero-order valence-corrected chi connectivity index (χ0v) is 8.48. The molecule has 3 nitrogen and oxygen atoms in total. The summed E-state index contributed by atoms with van der Waals surface area (Å²) >= 11 is 4.78. The second-order valence-corrected chi connectivity index (χ2v) is 3.41. The Bertz CT molecular complexity index is 582. The molecule has 1 N–H and O–H groups in total. The van der Waals surface area contributed by atoms with E-state index in [9.17, 15) is 4.79 Å². The predicted octanol–water partition coefficient (Wildman–Crippen LogP) is 2.41. The minimum atomic E-state index is -0.383. The molecule has 1 heterocycles. The van der Waals surface area contributed by atoms with Gasteiger partial charge >= 0.3 is 5.63 Å². The smallest absolute Gasteiger partial charge is 0.347 e. The maximum atomic E-state index is 11.3. The van der Waals surface area contributed by atoms with Crippen molar-refractivity contribution in [1.82, 2.24) is 4.98 Å². The number of H-pyrrole nitrogens is 1. The molecule has 2 rings (SSSR count). The van der Waals surface area contributed by atoms with E-state index in [1.807, 2.05) is 12.1 Å². The third kappa shape index (κ3) is 1.48. The molecular weight excluding hydrogens is 198 g/mol. The van der Waals surface area contributed by atoms with E-state index in [0.717, 1.165) is 17.5 Å². The molecule has 0 unspecified atom stereocenters. The average molecular weight is 207 g/mol. The van der Waals surface area contributed by atoms with Gasteiger partial charge in [-0.15, -0.1) is 0 Å². The van der Waals surface area contributed by atoms with Gasteiger partial charge in [0.1, 0.15) is 0 Å². The predicted molar refractivity (Wildman–Crippen MR) is 57.0 cm³/mol. The van der Waals surface area contributed by atoms with Crippen molar-refractivity contribution >= 4 is 23.1 Å². The Hall–Kier alpha value is -1.42. The lowest BCUT2D eigenvalue weighted by molar-refractivity contribution is 0.484. The molecule has 0 aliphatic carbocycles. The number of fused-ring (bicyclic) bond motifs is 1. The van der Waals surface area contributed by atoms with Crippen molar-refractivity contribution in [3.05, 3.63) is 39.0 Å². The van der Waals surface area contributed by atoms with Crippen LogP contribution in [0, 0.1) is 4.84 Å². The number of benzene rings is 1. The van der Waals surface area contributed by atoms with E-state index in [1.165, 1.54) is 0 Å². The van der Waals surface area contributed by atoms with Gasteiger partial charge in [0.25, 0.3) is 4.84 Å². The minimum absolute atomic E-state index is 0.121. The first-order chi connectivity index (χ1) is 6.70. The van der Waals surface area contributed by atoms with Gasteiger partial charge in [-0.05, 0) is 36.3 Å². The third-order valence-corrected chi connectivity index (χ3v) is 2.32. The van der Waals surface area contributed by atoms with Crippen molar-refractivity contribution in [2.45, 2.75) is 13.3 Å². The highest BCUT2D eigenvalue weighted by Crippen LogP contribution is 2.10. The first kappa shape index (κ1) is 9.15. The van der Waals surface area contributed by atoms with Crippen LogP contribution in [0.15, 0.2) is 27.4 Å². The number of rotatable bonds is 1. The fraction of sp³-hybridized carbons (Fsp3) is 0.200. The molecule has 0 saturated heterocycles. The Morgan fingerprint density at radius 1 is 1.50 bits per heavy atom. The number of aromatic nitrogens is 1. The molecule has 0 aliphatic rings. The van der Waals surface area contributed by atoms with E-state index >= 15 is 0 Å². The molecule has 0 saturated carbocycles. The monoisotopic (exact) mass is 207 g/mol. The van der Waals surface area contributed by atoms with Gasteiger partial charge in [-0.3, -0.25) is 0 Å². The van der Waals surface area contributed by atoms with Gasteiger partial charge in [-0.1, -0.05) is 13.0 Å².